The van der Waals surface area contributed by atoms with E-state index in [-0.39, 0.29) is 0 Å². The third-order valence-corrected chi connectivity index (χ3v) is 4.12. The molecular formula is C15H23ClN2. The van der Waals surface area contributed by atoms with Crippen LogP contribution in [0.5, 0.6) is 0 Å². The normalized spacial score (nSPS) is 18.8. The van der Waals surface area contributed by atoms with Crippen LogP contribution in [0, 0.1) is 0 Å². The molecular weight excluding hydrogens is 244 g/mol. The molecule has 18 heavy (non-hydrogen) atoms. The molecule has 2 rings (SSSR count). The number of hydrogen-bond donors (Lipinski definition) is 1. The van der Waals surface area contributed by atoms with Gasteiger partial charge in [0.05, 0.1) is 0 Å². The van der Waals surface area contributed by atoms with Crippen molar-refractivity contribution < 1.29 is 0 Å². The molecule has 100 valence electrons. The topological polar surface area (TPSA) is 29.3 Å². The number of nitrogens with two attached hydrogens (primary N) is 1. The van der Waals surface area contributed by atoms with E-state index < -0.39 is 0 Å². The number of benzene rings is 1. The Kier molecular flexibility index (Phi) is 5.48. The van der Waals surface area contributed by atoms with Crippen molar-refractivity contribution in [3.8, 4) is 0 Å². The minimum atomic E-state index is 0.447. The van der Waals surface area contributed by atoms with Crippen molar-refractivity contribution in [3.63, 3.8) is 0 Å². The molecule has 1 atom stereocenters. The third-order valence-electron chi connectivity index (χ3n) is 3.78. The van der Waals surface area contributed by atoms with Crippen LogP contribution >= 0.6 is 11.6 Å². The average Bonchev–Trinajstić information content (AvgIpc) is 2.42. The number of piperidine rings is 1. The van der Waals surface area contributed by atoms with Gasteiger partial charge in [0.1, 0.15) is 0 Å². The first-order valence-corrected chi connectivity index (χ1v) is 7.39. The maximum absolute atomic E-state index is 6.36. The Hall–Kier alpha value is -0.570. The zero-order chi connectivity index (χ0) is 12.8. The number of nitrogens with zero attached hydrogens (tertiary/aromatic N) is 1. The number of likely N-dealkylation sites (tertiary alicyclic amines) is 1. The first-order valence-electron chi connectivity index (χ1n) is 7.01. The summed E-state index contributed by atoms with van der Waals surface area (Å²) < 4.78 is 0. The molecule has 1 aliphatic rings. The molecule has 0 spiro atoms. The Bertz CT molecular complexity index is 361. The molecule has 1 aromatic rings. The summed E-state index contributed by atoms with van der Waals surface area (Å²) in [6, 6.07) is 8.69. The van der Waals surface area contributed by atoms with Crippen LogP contribution in [0.1, 0.15) is 43.7 Å². The molecule has 1 fully saturated rings. The van der Waals surface area contributed by atoms with Crippen molar-refractivity contribution in [3.05, 3.63) is 34.9 Å². The molecule has 2 N–H and O–H groups in total. The lowest BCUT2D eigenvalue weighted by Crippen LogP contribution is -2.34. The van der Waals surface area contributed by atoms with Crippen LogP contribution in [0.25, 0.3) is 0 Å². The van der Waals surface area contributed by atoms with Crippen LogP contribution in [0.2, 0.25) is 5.02 Å². The Balaban J connectivity index is 2.15. The van der Waals surface area contributed by atoms with E-state index in [1.54, 1.807) is 0 Å². The molecule has 0 amide bonds. The predicted octanol–water partition coefficient (Wildman–Crippen LogP) is 3.61. The van der Waals surface area contributed by atoms with Crippen LogP contribution in [-0.2, 0) is 0 Å². The molecule has 0 bridgehead atoms. The zero-order valence-corrected chi connectivity index (χ0v) is 11.7. The van der Waals surface area contributed by atoms with Crippen LogP contribution in [0.15, 0.2) is 24.3 Å². The van der Waals surface area contributed by atoms with E-state index in [4.69, 9.17) is 17.3 Å². The van der Waals surface area contributed by atoms with Gasteiger partial charge in [-0.25, -0.2) is 0 Å². The van der Waals surface area contributed by atoms with Crippen LogP contribution in [0.4, 0.5) is 0 Å². The SMILES string of the molecule is NCCCC(c1ccccc1Cl)N1CCCCC1. The van der Waals surface area contributed by atoms with Crippen molar-refractivity contribution in [2.45, 2.75) is 38.1 Å². The summed E-state index contributed by atoms with van der Waals surface area (Å²) in [5, 5.41) is 0.894. The van der Waals surface area contributed by atoms with Gasteiger partial charge < -0.3 is 5.73 Å². The fourth-order valence-electron chi connectivity index (χ4n) is 2.82. The van der Waals surface area contributed by atoms with Gasteiger partial charge in [-0.05, 0) is 56.9 Å². The predicted molar refractivity (Wildman–Crippen MR) is 77.9 cm³/mol. The lowest BCUT2D eigenvalue weighted by molar-refractivity contribution is 0.154. The molecule has 0 aromatic heterocycles. The van der Waals surface area contributed by atoms with Crippen LogP contribution < -0.4 is 5.73 Å². The van der Waals surface area contributed by atoms with Gasteiger partial charge in [-0.2, -0.15) is 0 Å². The van der Waals surface area contributed by atoms with Crippen molar-refractivity contribution in [2.75, 3.05) is 19.6 Å². The van der Waals surface area contributed by atoms with Gasteiger partial charge in [0.15, 0.2) is 0 Å². The lowest BCUT2D eigenvalue weighted by Gasteiger charge is -2.35. The monoisotopic (exact) mass is 266 g/mol. The highest BCUT2D eigenvalue weighted by atomic mass is 35.5. The quantitative estimate of drug-likeness (QED) is 0.882. The highest BCUT2D eigenvalue weighted by molar-refractivity contribution is 6.31. The summed E-state index contributed by atoms with van der Waals surface area (Å²) >= 11 is 6.36. The lowest BCUT2D eigenvalue weighted by atomic mass is 9.97. The molecule has 1 saturated heterocycles. The van der Waals surface area contributed by atoms with Crippen molar-refractivity contribution >= 4 is 11.6 Å². The Morgan fingerprint density at radius 3 is 2.56 bits per heavy atom. The van der Waals surface area contributed by atoms with E-state index in [1.807, 2.05) is 12.1 Å². The third kappa shape index (κ3) is 3.47. The summed E-state index contributed by atoms with van der Waals surface area (Å²) in [6.07, 6.45) is 6.16. The molecule has 1 aliphatic heterocycles. The zero-order valence-electron chi connectivity index (χ0n) is 10.9. The second kappa shape index (κ2) is 7.13. The minimum Gasteiger partial charge on any atom is -0.330 e. The molecule has 3 heteroatoms. The Morgan fingerprint density at radius 2 is 1.89 bits per heavy atom. The van der Waals surface area contributed by atoms with Gasteiger partial charge in [0.2, 0.25) is 0 Å². The van der Waals surface area contributed by atoms with Gasteiger partial charge in [-0.15, -0.1) is 0 Å². The Morgan fingerprint density at radius 1 is 1.17 bits per heavy atom. The summed E-state index contributed by atoms with van der Waals surface area (Å²) in [6.45, 7) is 3.15. The largest absolute Gasteiger partial charge is 0.330 e. The van der Waals surface area contributed by atoms with Gasteiger partial charge in [0.25, 0.3) is 0 Å². The summed E-state index contributed by atoms with van der Waals surface area (Å²) in [5.74, 6) is 0. The van der Waals surface area contributed by atoms with Crippen molar-refractivity contribution in [1.29, 1.82) is 0 Å². The maximum atomic E-state index is 6.36. The number of rotatable bonds is 5. The van der Waals surface area contributed by atoms with Crippen molar-refractivity contribution in [2.24, 2.45) is 5.73 Å². The fourth-order valence-corrected chi connectivity index (χ4v) is 3.08. The van der Waals surface area contributed by atoms with Crippen LogP contribution in [0.3, 0.4) is 0 Å². The van der Waals surface area contributed by atoms with E-state index in [0.29, 0.717) is 6.04 Å². The molecule has 2 nitrogen and oxygen atoms in total. The second-order valence-corrected chi connectivity index (χ2v) is 5.47. The average molecular weight is 267 g/mol. The standard InChI is InChI=1S/C15H23ClN2/c16-14-8-3-2-7-13(14)15(9-6-10-17)18-11-4-1-5-12-18/h2-3,7-8,15H,1,4-6,9-12,17H2. The molecule has 0 radical (unpaired) electrons. The Labute approximate surface area is 115 Å². The van der Waals surface area contributed by atoms with Gasteiger partial charge in [-0.3, -0.25) is 4.90 Å². The summed E-state index contributed by atoms with van der Waals surface area (Å²) in [5.41, 5.74) is 6.94. The van der Waals surface area contributed by atoms with Gasteiger partial charge >= 0.3 is 0 Å². The number of hydrogen-bond acceptors (Lipinski definition) is 2. The first-order chi connectivity index (χ1) is 8.83. The van der Waals surface area contributed by atoms with E-state index >= 15 is 0 Å². The highest BCUT2D eigenvalue weighted by Crippen LogP contribution is 2.32. The smallest absolute Gasteiger partial charge is 0.0453 e. The fraction of sp³-hybridized carbons (Fsp3) is 0.600. The minimum absolute atomic E-state index is 0.447. The molecule has 1 aromatic carbocycles. The van der Waals surface area contributed by atoms with Gasteiger partial charge in [0, 0.05) is 11.1 Å². The summed E-state index contributed by atoms with van der Waals surface area (Å²) in [7, 11) is 0. The van der Waals surface area contributed by atoms with E-state index in [0.717, 1.165) is 24.4 Å². The van der Waals surface area contributed by atoms with Gasteiger partial charge in [-0.1, -0.05) is 36.2 Å². The molecule has 1 heterocycles. The van der Waals surface area contributed by atoms with Crippen molar-refractivity contribution in [1.82, 2.24) is 4.90 Å². The second-order valence-electron chi connectivity index (χ2n) is 5.06. The summed E-state index contributed by atoms with van der Waals surface area (Å²) in [4.78, 5) is 2.58. The molecule has 0 aliphatic carbocycles. The van der Waals surface area contributed by atoms with E-state index in [2.05, 4.69) is 17.0 Å². The van der Waals surface area contributed by atoms with E-state index in [1.165, 1.54) is 37.9 Å². The van der Waals surface area contributed by atoms with E-state index in [9.17, 15) is 0 Å². The molecule has 0 saturated carbocycles. The maximum Gasteiger partial charge on any atom is 0.0453 e. The molecule has 1 unspecified atom stereocenters. The first kappa shape index (κ1) is 13.9. The highest BCUT2D eigenvalue weighted by Gasteiger charge is 2.23. The number of halogens is 1. The van der Waals surface area contributed by atoms with Crippen LogP contribution in [-0.4, -0.2) is 24.5 Å².